The Kier molecular flexibility index (Phi) is 4.93. The zero-order chi connectivity index (χ0) is 12.9. The highest BCUT2D eigenvalue weighted by molar-refractivity contribution is 5.80. The van der Waals surface area contributed by atoms with E-state index in [1.807, 2.05) is 6.92 Å². The van der Waals surface area contributed by atoms with Gasteiger partial charge in [-0.25, -0.2) is 0 Å². The smallest absolute Gasteiger partial charge is 0.311 e. The molecule has 1 amide bonds. The maximum absolute atomic E-state index is 11.8. The Morgan fingerprint density at radius 1 is 1.47 bits per heavy atom. The minimum atomic E-state index is -0.817. The number of aliphatic carboxylic acids is 1. The number of hydrogen-bond acceptors (Lipinski definition) is 3. The summed E-state index contributed by atoms with van der Waals surface area (Å²) in [5.41, 5.74) is -0.768. The van der Waals surface area contributed by atoms with Crippen molar-refractivity contribution in [1.82, 2.24) is 4.90 Å². The lowest BCUT2D eigenvalue weighted by Crippen LogP contribution is -2.34. The Morgan fingerprint density at radius 3 is 2.71 bits per heavy atom. The van der Waals surface area contributed by atoms with Crippen LogP contribution in [0.4, 0.5) is 0 Å². The Labute approximate surface area is 102 Å². The standard InChI is InChI=1S/C12H21NO4/c1-3-17-8-4-5-10(14)13-7-6-12(2,9-13)11(15)16/h3-9H2,1-2H3,(H,15,16). The summed E-state index contributed by atoms with van der Waals surface area (Å²) in [7, 11) is 0. The van der Waals surface area contributed by atoms with E-state index >= 15 is 0 Å². The molecule has 5 heteroatoms. The van der Waals surface area contributed by atoms with Crippen LogP contribution in [-0.2, 0) is 14.3 Å². The maximum Gasteiger partial charge on any atom is 0.311 e. The van der Waals surface area contributed by atoms with Crippen molar-refractivity contribution in [2.45, 2.75) is 33.1 Å². The predicted octanol–water partition coefficient (Wildman–Crippen LogP) is 1.13. The molecule has 1 fully saturated rings. The molecule has 1 rings (SSSR count). The average molecular weight is 243 g/mol. The van der Waals surface area contributed by atoms with Crippen molar-refractivity contribution in [3.8, 4) is 0 Å². The number of carboxylic acids is 1. The molecule has 0 radical (unpaired) electrons. The normalized spacial score (nSPS) is 24.0. The van der Waals surface area contributed by atoms with Gasteiger partial charge in [0.1, 0.15) is 0 Å². The van der Waals surface area contributed by atoms with E-state index in [1.165, 1.54) is 0 Å². The lowest BCUT2D eigenvalue weighted by molar-refractivity contribution is -0.147. The van der Waals surface area contributed by atoms with Crippen LogP contribution in [0.5, 0.6) is 0 Å². The highest BCUT2D eigenvalue weighted by atomic mass is 16.5. The number of likely N-dealkylation sites (tertiary alicyclic amines) is 1. The van der Waals surface area contributed by atoms with E-state index in [0.717, 1.165) is 0 Å². The summed E-state index contributed by atoms with van der Waals surface area (Å²) in [6, 6.07) is 0. The Hall–Kier alpha value is -1.10. The minimum absolute atomic E-state index is 0.0367. The van der Waals surface area contributed by atoms with Crippen molar-refractivity contribution < 1.29 is 19.4 Å². The number of hydrogen-bond donors (Lipinski definition) is 1. The van der Waals surface area contributed by atoms with E-state index < -0.39 is 11.4 Å². The second-order valence-corrected chi connectivity index (χ2v) is 4.73. The first-order valence-electron chi connectivity index (χ1n) is 6.08. The largest absolute Gasteiger partial charge is 0.481 e. The zero-order valence-electron chi connectivity index (χ0n) is 10.6. The number of amides is 1. The molecule has 0 aromatic heterocycles. The monoisotopic (exact) mass is 243 g/mol. The van der Waals surface area contributed by atoms with Crippen molar-refractivity contribution in [2.75, 3.05) is 26.3 Å². The summed E-state index contributed by atoms with van der Waals surface area (Å²) >= 11 is 0. The van der Waals surface area contributed by atoms with Gasteiger partial charge >= 0.3 is 5.97 Å². The first-order chi connectivity index (χ1) is 7.99. The molecule has 5 nitrogen and oxygen atoms in total. The molecule has 0 aliphatic carbocycles. The Balaban J connectivity index is 2.33. The third-order valence-corrected chi connectivity index (χ3v) is 3.23. The summed E-state index contributed by atoms with van der Waals surface area (Å²) < 4.78 is 5.16. The fourth-order valence-electron chi connectivity index (χ4n) is 1.98. The topological polar surface area (TPSA) is 66.8 Å². The van der Waals surface area contributed by atoms with Gasteiger partial charge in [0.25, 0.3) is 0 Å². The lowest BCUT2D eigenvalue weighted by atomic mass is 9.90. The first-order valence-corrected chi connectivity index (χ1v) is 6.08. The van der Waals surface area contributed by atoms with Gasteiger partial charge < -0.3 is 14.7 Å². The van der Waals surface area contributed by atoms with Crippen molar-refractivity contribution in [1.29, 1.82) is 0 Å². The molecule has 0 saturated carbocycles. The number of carboxylic acid groups (broad SMARTS) is 1. The second-order valence-electron chi connectivity index (χ2n) is 4.73. The molecule has 0 aromatic carbocycles. The summed E-state index contributed by atoms with van der Waals surface area (Å²) in [5.74, 6) is -0.781. The van der Waals surface area contributed by atoms with E-state index in [4.69, 9.17) is 9.84 Å². The van der Waals surface area contributed by atoms with Crippen molar-refractivity contribution in [3.05, 3.63) is 0 Å². The number of ether oxygens (including phenoxy) is 1. The van der Waals surface area contributed by atoms with E-state index in [-0.39, 0.29) is 5.91 Å². The van der Waals surface area contributed by atoms with Gasteiger partial charge in [0.15, 0.2) is 0 Å². The maximum atomic E-state index is 11.8. The van der Waals surface area contributed by atoms with Crippen LogP contribution in [0.15, 0.2) is 0 Å². The fourth-order valence-corrected chi connectivity index (χ4v) is 1.98. The molecule has 1 N–H and O–H groups in total. The third-order valence-electron chi connectivity index (χ3n) is 3.23. The summed E-state index contributed by atoms with van der Waals surface area (Å²) in [6.45, 7) is 5.75. The summed E-state index contributed by atoms with van der Waals surface area (Å²) in [4.78, 5) is 24.5. The van der Waals surface area contributed by atoms with Gasteiger partial charge in [-0.05, 0) is 26.7 Å². The number of carbonyl (C=O) groups is 2. The van der Waals surface area contributed by atoms with Gasteiger partial charge in [0.2, 0.25) is 5.91 Å². The molecule has 1 heterocycles. The highest BCUT2D eigenvalue weighted by Gasteiger charge is 2.41. The minimum Gasteiger partial charge on any atom is -0.481 e. The van der Waals surface area contributed by atoms with E-state index in [9.17, 15) is 9.59 Å². The summed E-state index contributed by atoms with van der Waals surface area (Å²) in [6.07, 6.45) is 1.68. The number of rotatable bonds is 6. The van der Waals surface area contributed by atoms with Crippen LogP contribution in [-0.4, -0.2) is 48.2 Å². The zero-order valence-corrected chi connectivity index (χ0v) is 10.6. The molecular weight excluding hydrogens is 222 g/mol. The van der Waals surface area contributed by atoms with Gasteiger partial charge in [-0.3, -0.25) is 9.59 Å². The van der Waals surface area contributed by atoms with Crippen LogP contribution in [0, 0.1) is 5.41 Å². The van der Waals surface area contributed by atoms with Gasteiger partial charge in [-0.2, -0.15) is 0 Å². The molecule has 1 aliphatic heterocycles. The Bertz CT molecular complexity index is 292. The van der Waals surface area contributed by atoms with E-state index in [1.54, 1.807) is 11.8 Å². The summed E-state index contributed by atoms with van der Waals surface area (Å²) in [5, 5.41) is 9.06. The molecule has 1 unspecified atom stereocenters. The molecular formula is C12H21NO4. The molecule has 0 aromatic rings. The molecule has 0 bridgehead atoms. The average Bonchev–Trinajstić information content (AvgIpc) is 2.69. The highest BCUT2D eigenvalue weighted by Crippen LogP contribution is 2.30. The van der Waals surface area contributed by atoms with Gasteiger partial charge in [-0.1, -0.05) is 0 Å². The van der Waals surface area contributed by atoms with Crippen molar-refractivity contribution in [3.63, 3.8) is 0 Å². The van der Waals surface area contributed by atoms with E-state index in [0.29, 0.717) is 45.6 Å². The van der Waals surface area contributed by atoms with Crippen LogP contribution in [0.1, 0.15) is 33.1 Å². The van der Waals surface area contributed by atoms with Gasteiger partial charge in [0, 0.05) is 32.7 Å². The van der Waals surface area contributed by atoms with Crippen molar-refractivity contribution in [2.24, 2.45) is 5.41 Å². The first kappa shape index (κ1) is 14.0. The van der Waals surface area contributed by atoms with E-state index in [2.05, 4.69) is 0 Å². The van der Waals surface area contributed by atoms with Gasteiger partial charge in [0.05, 0.1) is 5.41 Å². The number of carbonyl (C=O) groups excluding carboxylic acids is 1. The SMILES string of the molecule is CCOCCCC(=O)N1CCC(C)(C(=O)O)C1. The van der Waals surface area contributed by atoms with Crippen molar-refractivity contribution >= 4 is 11.9 Å². The molecule has 98 valence electrons. The molecule has 1 atom stereocenters. The third kappa shape index (κ3) is 3.70. The quantitative estimate of drug-likeness (QED) is 0.710. The van der Waals surface area contributed by atoms with Crippen LogP contribution in [0.25, 0.3) is 0 Å². The van der Waals surface area contributed by atoms with Crippen LogP contribution in [0.2, 0.25) is 0 Å². The molecule has 1 saturated heterocycles. The lowest BCUT2D eigenvalue weighted by Gasteiger charge is -2.20. The predicted molar refractivity (Wildman–Crippen MR) is 62.7 cm³/mol. The second kappa shape index (κ2) is 6.00. The molecule has 1 aliphatic rings. The van der Waals surface area contributed by atoms with Gasteiger partial charge in [-0.15, -0.1) is 0 Å². The van der Waals surface area contributed by atoms with Crippen LogP contribution in [0.3, 0.4) is 0 Å². The van der Waals surface area contributed by atoms with Crippen LogP contribution >= 0.6 is 0 Å². The number of nitrogens with zero attached hydrogens (tertiary/aromatic N) is 1. The molecule has 17 heavy (non-hydrogen) atoms. The van der Waals surface area contributed by atoms with Crippen LogP contribution < -0.4 is 0 Å². The molecule has 0 spiro atoms. The fraction of sp³-hybridized carbons (Fsp3) is 0.833. The Morgan fingerprint density at radius 2 is 2.18 bits per heavy atom.